The second-order valence-corrected chi connectivity index (χ2v) is 9.36. The van der Waals surface area contributed by atoms with Crippen LogP contribution >= 0.6 is 0 Å². The molecule has 0 saturated carbocycles. The molecule has 1 aromatic carbocycles. The van der Waals surface area contributed by atoms with Gasteiger partial charge < -0.3 is 14.4 Å². The SMILES string of the molecule is Cc1c(CN2CCN(C)CC2)c(CN2CCN(C)CC2)c(C)n1Cc1ccccc1. The maximum atomic E-state index is 2.65. The van der Waals surface area contributed by atoms with E-state index in [1.54, 1.807) is 11.1 Å². The second kappa shape index (κ2) is 9.65. The second-order valence-electron chi connectivity index (χ2n) is 9.36. The number of benzene rings is 1. The standard InChI is InChI=1S/C25H39N5/c1-21-24(19-28-14-10-26(3)11-15-28)25(20-29-16-12-27(4)13-17-29)22(2)30(21)18-23-8-6-5-7-9-23/h5-9H,10-20H2,1-4H3. The van der Waals surface area contributed by atoms with E-state index in [-0.39, 0.29) is 0 Å². The Morgan fingerprint density at radius 2 is 1.03 bits per heavy atom. The highest BCUT2D eigenvalue weighted by Gasteiger charge is 2.24. The Kier molecular flexibility index (Phi) is 6.94. The average Bonchev–Trinajstić information content (AvgIpc) is 2.96. The van der Waals surface area contributed by atoms with Crippen molar-refractivity contribution in [1.82, 2.24) is 24.2 Å². The van der Waals surface area contributed by atoms with Crippen molar-refractivity contribution in [3.05, 3.63) is 58.4 Å². The van der Waals surface area contributed by atoms with Gasteiger partial charge in [-0.2, -0.15) is 0 Å². The summed E-state index contributed by atoms with van der Waals surface area (Å²) in [5, 5.41) is 0. The van der Waals surface area contributed by atoms with Crippen LogP contribution in [0.1, 0.15) is 28.1 Å². The van der Waals surface area contributed by atoms with E-state index in [2.05, 4.69) is 82.4 Å². The molecule has 30 heavy (non-hydrogen) atoms. The van der Waals surface area contributed by atoms with Gasteiger partial charge in [-0.25, -0.2) is 0 Å². The number of aromatic nitrogens is 1. The van der Waals surface area contributed by atoms with Crippen molar-refractivity contribution >= 4 is 0 Å². The molecule has 0 unspecified atom stereocenters. The van der Waals surface area contributed by atoms with Gasteiger partial charge in [-0.05, 0) is 44.6 Å². The van der Waals surface area contributed by atoms with Crippen LogP contribution in [-0.4, -0.2) is 90.6 Å². The first-order chi connectivity index (χ1) is 14.5. The highest BCUT2D eigenvalue weighted by molar-refractivity contribution is 5.39. The molecule has 2 aliphatic rings. The van der Waals surface area contributed by atoms with Crippen molar-refractivity contribution < 1.29 is 0 Å². The van der Waals surface area contributed by atoms with Crippen LogP contribution in [0.4, 0.5) is 0 Å². The molecule has 1 aromatic heterocycles. The molecular weight excluding hydrogens is 370 g/mol. The molecule has 0 N–H and O–H groups in total. The first-order valence-electron chi connectivity index (χ1n) is 11.5. The Morgan fingerprint density at radius 3 is 1.47 bits per heavy atom. The summed E-state index contributed by atoms with van der Waals surface area (Å²) in [7, 11) is 4.48. The summed E-state index contributed by atoms with van der Waals surface area (Å²) in [6, 6.07) is 10.9. The van der Waals surface area contributed by atoms with E-state index in [9.17, 15) is 0 Å². The molecule has 0 aliphatic carbocycles. The monoisotopic (exact) mass is 409 g/mol. The van der Waals surface area contributed by atoms with Crippen LogP contribution in [0, 0.1) is 13.8 Å². The van der Waals surface area contributed by atoms with E-state index in [4.69, 9.17) is 0 Å². The van der Waals surface area contributed by atoms with Gasteiger partial charge in [0.25, 0.3) is 0 Å². The molecular formula is C25H39N5. The maximum Gasteiger partial charge on any atom is 0.0475 e. The molecule has 4 rings (SSSR count). The molecule has 5 heteroatoms. The highest BCUT2D eigenvalue weighted by atomic mass is 15.3. The lowest BCUT2D eigenvalue weighted by molar-refractivity contribution is 0.141. The fourth-order valence-corrected chi connectivity index (χ4v) is 4.90. The van der Waals surface area contributed by atoms with E-state index in [1.165, 1.54) is 69.3 Å². The van der Waals surface area contributed by atoms with Gasteiger partial charge >= 0.3 is 0 Å². The molecule has 0 radical (unpaired) electrons. The first-order valence-corrected chi connectivity index (χ1v) is 11.5. The zero-order valence-electron chi connectivity index (χ0n) is 19.4. The Morgan fingerprint density at radius 1 is 0.600 bits per heavy atom. The van der Waals surface area contributed by atoms with Crippen LogP contribution < -0.4 is 0 Å². The summed E-state index contributed by atoms with van der Waals surface area (Å²) in [6.45, 7) is 17.2. The van der Waals surface area contributed by atoms with E-state index >= 15 is 0 Å². The minimum atomic E-state index is 0.969. The summed E-state index contributed by atoms with van der Waals surface area (Å²) in [6.07, 6.45) is 0. The number of hydrogen-bond donors (Lipinski definition) is 0. The Bertz CT molecular complexity index is 764. The highest BCUT2D eigenvalue weighted by Crippen LogP contribution is 2.27. The first kappa shape index (κ1) is 21.6. The van der Waals surface area contributed by atoms with Crippen LogP contribution in [0.25, 0.3) is 0 Å². The Labute approximate surface area is 182 Å². The summed E-state index contributed by atoms with van der Waals surface area (Å²) >= 11 is 0. The van der Waals surface area contributed by atoms with Crippen LogP contribution in [-0.2, 0) is 19.6 Å². The van der Waals surface area contributed by atoms with Crippen molar-refractivity contribution in [1.29, 1.82) is 0 Å². The number of piperazine rings is 2. The van der Waals surface area contributed by atoms with Gasteiger partial charge in [-0.15, -0.1) is 0 Å². The van der Waals surface area contributed by atoms with Gasteiger partial charge in [0.1, 0.15) is 0 Å². The van der Waals surface area contributed by atoms with Crippen molar-refractivity contribution in [3.63, 3.8) is 0 Å². The van der Waals surface area contributed by atoms with Crippen LogP contribution in [0.5, 0.6) is 0 Å². The predicted molar refractivity (Wildman–Crippen MR) is 125 cm³/mol. The van der Waals surface area contributed by atoms with Crippen molar-refractivity contribution in [3.8, 4) is 0 Å². The van der Waals surface area contributed by atoms with Gasteiger partial charge in [0.05, 0.1) is 0 Å². The van der Waals surface area contributed by atoms with Gasteiger partial charge in [0.15, 0.2) is 0 Å². The van der Waals surface area contributed by atoms with Gasteiger partial charge in [-0.3, -0.25) is 9.80 Å². The minimum absolute atomic E-state index is 0.969. The van der Waals surface area contributed by atoms with E-state index in [0.717, 1.165) is 19.6 Å². The normalized spacial score (nSPS) is 20.1. The van der Waals surface area contributed by atoms with Crippen LogP contribution in [0.3, 0.4) is 0 Å². The zero-order chi connectivity index (χ0) is 21.1. The predicted octanol–water partition coefficient (Wildman–Crippen LogP) is 2.65. The van der Waals surface area contributed by atoms with E-state index in [0.29, 0.717) is 0 Å². The van der Waals surface area contributed by atoms with Crippen LogP contribution in [0.15, 0.2) is 30.3 Å². The zero-order valence-corrected chi connectivity index (χ0v) is 19.4. The topological polar surface area (TPSA) is 17.9 Å². The Balaban J connectivity index is 1.60. The Hall–Kier alpha value is -1.66. The van der Waals surface area contributed by atoms with E-state index in [1.807, 2.05) is 0 Å². The van der Waals surface area contributed by atoms with Crippen molar-refractivity contribution in [2.45, 2.75) is 33.5 Å². The summed E-state index contributed by atoms with van der Waals surface area (Å²) in [4.78, 5) is 10.2. The number of likely N-dealkylation sites (N-methyl/N-ethyl adjacent to an activating group) is 2. The van der Waals surface area contributed by atoms with Gasteiger partial charge in [-0.1, -0.05) is 30.3 Å². The van der Waals surface area contributed by atoms with Gasteiger partial charge in [0, 0.05) is 83.4 Å². The molecule has 2 aliphatic heterocycles. The average molecular weight is 410 g/mol. The van der Waals surface area contributed by atoms with Gasteiger partial charge in [0.2, 0.25) is 0 Å². The lowest BCUT2D eigenvalue weighted by atomic mass is 10.1. The number of rotatable bonds is 6. The fraction of sp³-hybridized carbons (Fsp3) is 0.600. The quantitative estimate of drug-likeness (QED) is 0.730. The third-order valence-electron chi connectivity index (χ3n) is 7.19. The van der Waals surface area contributed by atoms with Crippen molar-refractivity contribution in [2.75, 3.05) is 66.5 Å². The molecule has 3 heterocycles. The largest absolute Gasteiger partial charge is 0.344 e. The minimum Gasteiger partial charge on any atom is -0.344 e. The molecule has 0 atom stereocenters. The molecule has 2 fully saturated rings. The third-order valence-corrected chi connectivity index (χ3v) is 7.19. The summed E-state index contributed by atoms with van der Waals surface area (Å²) in [5.74, 6) is 0. The lowest BCUT2D eigenvalue weighted by Gasteiger charge is -2.34. The molecule has 2 aromatic rings. The number of hydrogen-bond acceptors (Lipinski definition) is 4. The smallest absolute Gasteiger partial charge is 0.0475 e. The fourth-order valence-electron chi connectivity index (χ4n) is 4.90. The third kappa shape index (κ3) is 4.97. The maximum absolute atomic E-state index is 2.65. The van der Waals surface area contributed by atoms with Crippen molar-refractivity contribution in [2.24, 2.45) is 0 Å². The summed E-state index contributed by atoms with van der Waals surface area (Å²) in [5.41, 5.74) is 7.45. The molecule has 2 saturated heterocycles. The molecule has 0 amide bonds. The molecule has 0 spiro atoms. The molecule has 164 valence electrons. The number of nitrogens with zero attached hydrogens (tertiary/aromatic N) is 5. The van der Waals surface area contributed by atoms with E-state index < -0.39 is 0 Å². The summed E-state index contributed by atoms with van der Waals surface area (Å²) < 4.78 is 2.56. The molecule has 0 bridgehead atoms. The lowest BCUT2D eigenvalue weighted by Crippen LogP contribution is -2.45. The van der Waals surface area contributed by atoms with Crippen LogP contribution in [0.2, 0.25) is 0 Å². The molecule has 5 nitrogen and oxygen atoms in total.